The molecule has 5 heteroatoms. The Morgan fingerprint density at radius 1 is 1.28 bits per heavy atom. The third-order valence-electron chi connectivity index (χ3n) is 2.33. The fraction of sp³-hybridized carbons (Fsp3) is 0.385. The van der Waals surface area contributed by atoms with Gasteiger partial charge in [0.1, 0.15) is 0 Å². The number of amides is 1. The van der Waals surface area contributed by atoms with Crippen LogP contribution in [0.15, 0.2) is 24.3 Å². The lowest BCUT2D eigenvalue weighted by Crippen LogP contribution is -2.24. The predicted molar refractivity (Wildman–Crippen MR) is 67.9 cm³/mol. The van der Waals surface area contributed by atoms with Gasteiger partial charge in [0.25, 0.3) is 0 Å². The molecule has 0 saturated heterocycles. The number of nitrogens with one attached hydrogen (secondary N) is 1. The van der Waals surface area contributed by atoms with Gasteiger partial charge < -0.3 is 15.8 Å². The van der Waals surface area contributed by atoms with Crippen LogP contribution in [0.1, 0.15) is 29.3 Å². The molecule has 0 fully saturated rings. The molecule has 1 aromatic carbocycles. The van der Waals surface area contributed by atoms with Crippen LogP contribution in [0.4, 0.5) is 0 Å². The maximum Gasteiger partial charge on any atom is 0.338 e. The van der Waals surface area contributed by atoms with E-state index < -0.39 is 0 Å². The van der Waals surface area contributed by atoms with E-state index in [1.165, 1.54) is 0 Å². The highest BCUT2D eigenvalue weighted by molar-refractivity contribution is 5.89. The van der Waals surface area contributed by atoms with Gasteiger partial charge in [-0.2, -0.15) is 0 Å². The molecule has 0 bridgehead atoms. The van der Waals surface area contributed by atoms with Crippen LogP contribution >= 0.6 is 0 Å². The minimum atomic E-state index is -0.337. The summed E-state index contributed by atoms with van der Waals surface area (Å²) in [5.74, 6) is -0.414. The predicted octanol–water partition coefficient (Wildman–Crippen LogP) is 0.828. The van der Waals surface area contributed by atoms with Crippen molar-refractivity contribution in [1.82, 2.24) is 5.32 Å². The summed E-state index contributed by atoms with van der Waals surface area (Å²) >= 11 is 0. The van der Waals surface area contributed by atoms with E-state index in [-0.39, 0.29) is 11.9 Å². The number of nitrogens with two attached hydrogens (primary N) is 1. The quantitative estimate of drug-likeness (QED) is 0.733. The van der Waals surface area contributed by atoms with Crippen molar-refractivity contribution < 1.29 is 14.3 Å². The first-order valence-electron chi connectivity index (χ1n) is 5.90. The summed E-state index contributed by atoms with van der Waals surface area (Å²) in [6.45, 7) is 2.89. The van der Waals surface area contributed by atoms with Gasteiger partial charge >= 0.3 is 5.97 Å². The Morgan fingerprint density at radius 2 is 1.94 bits per heavy atom. The van der Waals surface area contributed by atoms with Gasteiger partial charge in [0, 0.05) is 19.5 Å². The van der Waals surface area contributed by atoms with Gasteiger partial charge in [0.2, 0.25) is 5.91 Å². The van der Waals surface area contributed by atoms with Gasteiger partial charge in [-0.15, -0.1) is 0 Å². The number of esters is 1. The van der Waals surface area contributed by atoms with E-state index in [4.69, 9.17) is 10.5 Å². The number of benzene rings is 1. The summed E-state index contributed by atoms with van der Waals surface area (Å²) in [5, 5.41) is 2.74. The van der Waals surface area contributed by atoms with E-state index >= 15 is 0 Å². The van der Waals surface area contributed by atoms with Gasteiger partial charge in [-0.3, -0.25) is 4.79 Å². The van der Waals surface area contributed by atoms with Crippen molar-refractivity contribution in [1.29, 1.82) is 0 Å². The van der Waals surface area contributed by atoms with Gasteiger partial charge in [-0.05, 0) is 24.6 Å². The summed E-state index contributed by atoms with van der Waals surface area (Å²) in [7, 11) is 0. The normalized spacial score (nSPS) is 9.89. The van der Waals surface area contributed by atoms with Crippen LogP contribution in [0.25, 0.3) is 0 Å². The van der Waals surface area contributed by atoms with Crippen LogP contribution in [-0.4, -0.2) is 25.0 Å². The first-order valence-corrected chi connectivity index (χ1v) is 5.90. The molecule has 98 valence electrons. The van der Waals surface area contributed by atoms with Crippen molar-refractivity contribution >= 4 is 11.9 Å². The molecule has 0 radical (unpaired) electrons. The lowest BCUT2D eigenvalue weighted by molar-refractivity contribution is -0.121. The molecular formula is C13H18N2O3. The van der Waals surface area contributed by atoms with Gasteiger partial charge in [-0.25, -0.2) is 4.79 Å². The third-order valence-corrected chi connectivity index (χ3v) is 2.33. The van der Waals surface area contributed by atoms with Crippen LogP contribution in [0.3, 0.4) is 0 Å². The molecule has 1 rings (SSSR count). The number of carbonyl (C=O) groups excluding carboxylic acids is 2. The van der Waals surface area contributed by atoms with E-state index in [1.54, 1.807) is 31.2 Å². The number of rotatable bonds is 6. The van der Waals surface area contributed by atoms with Crippen molar-refractivity contribution in [2.24, 2.45) is 5.73 Å². The monoisotopic (exact) mass is 250 g/mol. The summed E-state index contributed by atoms with van der Waals surface area (Å²) in [4.78, 5) is 22.6. The maximum absolute atomic E-state index is 11.4. The fourth-order valence-electron chi connectivity index (χ4n) is 1.39. The minimum Gasteiger partial charge on any atom is -0.462 e. The highest BCUT2D eigenvalue weighted by atomic mass is 16.5. The summed E-state index contributed by atoms with van der Waals surface area (Å²) < 4.78 is 4.88. The third kappa shape index (κ3) is 4.55. The van der Waals surface area contributed by atoms with Crippen molar-refractivity contribution in [2.75, 3.05) is 13.2 Å². The maximum atomic E-state index is 11.4. The number of ether oxygens (including phenoxy) is 1. The Bertz CT molecular complexity index is 401. The van der Waals surface area contributed by atoms with Crippen molar-refractivity contribution in [3.05, 3.63) is 35.4 Å². The highest BCUT2D eigenvalue weighted by Crippen LogP contribution is 2.06. The SMILES string of the molecule is CCOC(=O)c1ccc(CNC(=O)CCN)cc1. The van der Waals surface area contributed by atoms with Gasteiger partial charge in [0.05, 0.1) is 12.2 Å². The average molecular weight is 250 g/mol. The Morgan fingerprint density at radius 3 is 2.50 bits per heavy atom. The van der Waals surface area contributed by atoms with E-state index in [2.05, 4.69) is 5.32 Å². The minimum absolute atomic E-state index is 0.0769. The van der Waals surface area contributed by atoms with Crippen LogP contribution in [-0.2, 0) is 16.1 Å². The molecule has 0 aliphatic heterocycles. The van der Waals surface area contributed by atoms with Crippen molar-refractivity contribution in [2.45, 2.75) is 19.9 Å². The second-order valence-corrected chi connectivity index (χ2v) is 3.73. The fourth-order valence-corrected chi connectivity index (χ4v) is 1.39. The Labute approximate surface area is 106 Å². The van der Waals surface area contributed by atoms with Crippen LogP contribution in [0.5, 0.6) is 0 Å². The Balaban J connectivity index is 2.50. The molecule has 5 nitrogen and oxygen atoms in total. The van der Waals surface area contributed by atoms with E-state index in [0.29, 0.717) is 31.7 Å². The molecule has 0 saturated carbocycles. The first kappa shape index (κ1) is 14.2. The highest BCUT2D eigenvalue weighted by Gasteiger charge is 2.05. The second kappa shape index (κ2) is 7.45. The standard InChI is InChI=1S/C13H18N2O3/c1-2-18-13(17)11-5-3-10(4-6-11)9-15-12(16)7-8-14/h3-6H,2,7-9,14H2,1H3,(H,15,16). The lowest BCUT2D eigenvalue weighted by atomic mass is 10.1. The summed E-state index contributed by atoms with van der Waals surface area (Å²) in [6, 6.07) is 6.94. The van der Waals surface area contributed by atoms with Crippen LogP contribution in [0, 0.1) is 0 Å². The van der Waals surface area contributed by atoms with Crippen LogP contribution < -0.4 is 11.1 Å². The van der Waals surface area contributed by atoms with Gasteiger partial charge in [-0.1, -0.05) is 12.1 Å². The topological polar surface area (TPSA) is 81.4 Å². The zero-order valence-electron chi connectivity index (χ0n) is 10.4. The molecule has 0 aliphatic carbocycles. The Hall–Kier alpha value is -1.88. The van der Waals surface area contributed by atoms with E-state index in [9.17, 15) is 9.59 Å². The molecular weight excluding hydrogens is 232 g/mol. The number of carbonyl (C=O) groups is 2. The van der Waals surface area contributed by atoms with Gasteiger partial charge in [0.15, 0.2) is 0 Å². The smallest absolute Gasteiger partial charge is 0.338 e. The van der Waals surface area contributed by atoms with E-state index in [0.717, 1.165) is 5.56 Å². The molecule has 1 amide bonds. The zero-order valence-corrected chi connectivity index (χ0v) is 10.4. The molecule has 0 unspecified atom stereocenters. The molecule has 0 atom stereocenters. The number of hydrogen-bond donors (Lipinski definition) is 2. The average Bonchev–Trinajstić information content (AvgIpc) is 2.37. The van der Waals surface area contributed by atoms with E-state index in [1.807, 2.05) is 0 Å². The zero-order chi connectivity index (χ0) is 13.4. The number of hydrogen-bond acceptors (Lipinski definition) is 4. The Kier molecular flexibility index (Phi) is 5.87. The first-order chi connectivity index (χ1) is 8.67. The molecule has 1 aromatic rings. The molecule has 0 aromatic heterocycles. The molecule has 0 heterocycles. The molecule has 18 heavy (non-hydrogen) atoms. The van der Waals surface area contributed by atoms with Crippen molar-refractivity contribution in [3.8, 4) is 0 Å². The lowest BCUT2D eigenvalue weighted by Gasteiger charge is -2.06. The molecule has 0 spiro atoms. The largest absolute Gasteiger partial charge is 0.462 e. The summed E-state index contributed by atoms with van der Waals surface area (Å²) in [6.07, 6.45) is 0.320. The van der Waals surface area contributed by atoms with Crippen molar-refractivity contribution in [3.63, 3.8) is 0 Å². The second-order valence-electron chi connectivity index (χ2n) is 3.73. The molecule has 3 N–H and O–H groups in total. The van der Waals surface area contributed by atoms with Crippen LogP contribution in [0.2, 0.25) is 0 Å². The molecule has 0 aliphatic rings. The summed E-state index contributed by atoms with van der Waals surface area (Å²) in [5.41, 5.74) is 6.70.